The maximum absolute atomic E-state index is 12.5. The zero-order valence-corrected chi connectivity index (χ0v) is 19.2. The monoisotopic (exact) mass is 480 g/mol. The lowest BCUT2D eigenvalue weighted by atomic mass is 9.69. The first kappa shape index (κ1) is 23.1. The minimum Gasteiger partial charge on any atom is -0.441 e. The Hall–Kier alpha value is -4.04. The van der Waals surface area contributed by atoms with Gasteiger partial charge in [-0.15, -0.1) is 5.10 Å². The molecule has 11 nitrogen and oxygen atoms in total. The van der Waals surface area contributed by atoms with Crippen LogP contribution in [0.5, 0.6) is 0 Å². The molecule has 0 spiro atoms. The first-order valence-corrected chi connectivity index (χ1v) is 10.9. The number of halogens is 1. The van der Waals surface area contributed by atoms with Gasteiger partial charge in [-0.3, -0.25) is 15.1 Å². The second kappa shape index (κ2) is 9.44. The van der Waals surface area contributed by atoms with E-state index in [2.05, 4.69) is 37.0 Å². The number of nitrogens with one attached hydrogen (secondary N) is 2. The van der Waals surface area contributed by atoms with Crippen LogP contribution in [0.1, 0.15) is 37.9 Å². The molecule has 3 heterocycles. The van der Waals surface area contributed by atoms with Gasteiger partial charge in [0.15, 0.2) is 11.5 Å². The molecule has 0 radical (unpaired) electrons. The Morgan fingerprint density at radius 2 is 2.06 bits per heavy atom. The van der Waals surface area contributed by atoms with Crippen LogP contribution in [-0.4, -0.2) is 37.0 Å². The minimum absolute atomic E-state index is 0.250. The summed E-state index contributed by atoms with van der Waals surface area (Å²) in [4.78, 5) is 33.3. The second-order valence-corrected chi connectivity index (χ2v) is 8.26. The third kappa shape index (κ3) is 4.53. The van der Waals surface area contributed by atoms with Crippen LogP contribution in [0.15, 0.2) is 36.7 Å². The largest absolute Gasteiger partial charge is 0.441 e. The topological polar surface area (TPSA) is 148 Å². The highest BCUT2D eigenvalue weighted by Gasteiger charge is 2.44. The number of nitriles is 1. The Bertz CT molecular complexity index is 1260. The van der Waals surface area contributed by atoms with Gasteiger partial charge >= 0.3 is 6.09 Å². The number of rotatable bonds is 6. The first-order valence-electron chi connectivity index (χ1n) is 10.5. The lowest BCUT2D eigenvalue weighted by Gasteiger charge is -2.33. The van der Waals surface area contributed by atoms with Gasteiger partial charge in [0.1, 0.15) is 16.7 Å². The van der Waals surface area contributed by atoms with Crippen molar-refractivity contribution in [1.82, 2.24) is 25.0 Å². The number of carbonyl (C=O) groups is 2. The number of ether oxygens (including phenoxy) is 1. The normalized spacial score (nSPS) is 14.9. The van der Waals surface area contributed by atoms with Crippen LogP contribution in [0.25, 0.3) is 11.4 Å². The van der Waals surface area contributed by atoms with Crippen molar-refractivity contribution >= 4 is 35.1 Å². The summed E-state index contributed by atoms with van der Waals surface area (Å²) in [6.45, 7) is 1.68. The molecule has 2 N–H and O–H groups in total. The van der Waals surface area contributed by atoms with E-state index in [0.717, 1.165) is 6.42 Å². The highest BCUT2D eigenvalue weighted by atomic mass is 35.5. The Kier molecular flexibility index (Phi) is 6.43. The third-order valence-corrected chi connectivity index (χ3v) is 5.99. The summed E-state index contributed by atoms with van der Waals surface area (Å²) in [6, 6.07) is 8.81. The van der Waals surface area contributed by atoms with E-state index < -0.39 is 17.6 Å². The van der Waals surface area contributed by atoms with E-state index in [-0.39, 0.29) is 16.9 Å². The van der Waals surface area contributed by atoms with Crippen molar-refractivity contribution < 1.29 is 14.3 Å². The van der Waals surface area contributed by atoms with Crippen molar-refractivity contribution in [2.75, 3.05) is 10.6 Å². The fourth-order valence-corrected chi connectivity index (χ4v) is 3.77. The maximum Gasteiger partial charge on any atom is 0.413 e. The number of pyridine rings is 2. The zero-order valence-electron chi connectivity index (χ0n) is 18.4. The van der Waals surface area contributed by atoms with Crippen molar-refractivity contribution in [2.45, 2.75) is 32.3 Å². The molecule has 3 aromatic heterocycles. The SMILES string of the molecule is C[C@@H](OC(=O)Nc1c(-c2ccc(NC(=O)C3(C#N)CCC3)cn2)nnn1C)c1cccnc1Cl. The summed E-state index contributed by atoms with van der Waals surface area (Å²) in [7, 11) is 1.61. The number of aryl methyl sites for hydroxylation is 1. The van der Waals surface area contributed by atoms with Crippen LogP contribution in [0, 0.1) is 16.7 Å². The lowest BCUT2D eigenvalue weighted by Crippen LogP contribution is -2.40. The quantitative estimate of drug-likeness (QED) is 0.505. The van der Waals surface area contributed by atoms with E-state index in [9.17, 15) is 14.9 Å². The zero-order chi connectivity index (χ0) is 24.3. The predicted octanol–water partition coefficient (Wildman–Crippen LogP) is 3.87. The Balaban J connectivity index is 1.45. The summed E-state index contributed by atoms with van der Waals surface area (Å²) in [5, 5.41) is 23.0. The van der Waals surface area contributed by atoms with Crippen molar-refractivity contribution in [1.29, 1.82) is 5.26 Å². The summed E-state index contributed by atoms with van der Waals surface area (Å²) in [6.07, 6.45) is 3.60. The molecule has 1 fully saturated rings. The number of nitrogens with zero attached hydrogens (tertiary/aromatic N) is 6. The molecule has 174 valence electrons. The molecule has 1 atom stereocenters. The average Bonchev–Trinajstić information content (AvgIpc) is 3.14. The number of hydrogen-bond acceptors (Lipinski definition) is 8. The molecule has 1 saturated carbocycles. The van der Waals surface area contributed by atoms with Crippen LogP contribution >= 0.6 is 11.6 Å². The Morgan fingerprint density at radius 3 is 2.68 bits per heavy atom. The van der Waals surface area contributed by atoms with Crippen LogP contribution in [0.4, 0.5) is 16.3 Å². The molecule has 0 bridgehead atoms. The van der Waals surface area contributed by atoms with Gasteiger partial charge in [-0.05, 0) is 44.4 Å². The lowest BCUT2D eigenvalue weighted by molar-refractivity contribution is -0.126. The van der Waals surface area contributed by atoms with Gasteiger partial charge in [-0.1, -0.05) is 22.9 Å². The molecule has 1 aliphatic carbocycles. The highest BCUT2D eigenvalue weighted by Crippen LogP contribution is 2.41. The number of hydrogen-bond donors (Lipinski definition) is 2. The van der Waals surface area contributed by atoms with Crippen LogP contribution in [-0.2, 0) is 16.6 Å². The fourth-order valence-electron chi connectivity index (χ4n) is 3.50. The van der Waals surface area contributed by atoms with Crippen LogP contribution in [0.2, 0.25) is 5.15 Å². The van der Waals surface area contributed by atoms with Gasteiger partial charge in [-0.25, -0.2) is 14.5 Å². The van der Waals surface area contributed by atoms with E-state index in [1.807, 2.05) is 0 Å². The predicted molar refractivity (Wildman–Crippen MR) is 123 cm³/mol. The summed E-state index contributed by atoms with van der Waals surface area (Å²) < 4.78 is 6.80. The number of anilines is 2. The first-order chi connectivity index (χ1) is 16.3. The summed E-state index contributed by atoms with van der Waals surface area (Å²) in [5.41, 5.74) is 0.802. The fraction of sp³-hybridized carbons (Fsp3) is 0.318. The van der Waals surface area contributed by atoms with E-state index in [0.29, 0.717) is 35.5 Å². The van der Waals surface area contributed by atoms with Gasteiger partial charge < -0.3 is 10.1 Å². The number of carbonyl (C=O) groups excluding carboxylic acids is 2. The molecule has 3 aromatic rings. The van der Waals surface area contributed by atoms with Crippen LogP contribution < -0.4 is 10.6 Å². The third-order valence-electron chi connectivity index (χ3n) is 5.68. The molecule has 34 heavy (non-hydrogen) atoms. The van der Waals surface area contributed by atoms with Crippen molar-refractivity contribution in [3.63, 3.8) is 0 Å². The van der Waals surface area contributed by atoms with Gasteiger partial charge in [-0.2, -0.15) is 5.26 Å². The molecular weight excluding hydrogens is 460 g/mol. The maximum atomic E-state index is 12.5. The number of aromatic nitrogens is 5. The molecule has 0 aliphatic heterocycles. The van der Waals surface area contributed by atoms with E-state index >= 15 is 0 Å². The van der Waals surface area contributed by atoms with E-state index in [4.69, 9.17) is 16.3 Å². The molecule has 4 rings (SSSR count). The Morgan fingerprint density at radius 1 is 1.26 bits per heavy atom. The Labute approximate surface area is 200 Å². The molecule has 0 saturated heterocycles. The van der Waals surface area contributed by atoms with Gasteiger partial charge in [0.25, 0.3) is 0 Å². The van der Waals surface area contributed by atoms with Crippen LogP contribution in [0.3, 0.4) is 0 Å². The molecule has 0 aromatic carbocycles. The summed E-state index contributed by atoms with van der Waals surface area (Å²) >= 11 is 6.07. The molecule has 12 heteroatoms. The standard InChI is InChI=1S/C22H21ClN8O3/c1-13(15-5-3-10-25-18(15)23)34-21(33)28-19-17(29-30-31(19)2)16-7-6-14(11-26-16)27-20(32)22(12-24)8-4-9-22/h3,5-7,10-11,13H,4,8-9H2,1-2H3,(H,27,32)(H,28,33)/t13-/m1/s1. The minimum atomic E-state index is -0.960. The van der Waals surface area contributed by atoms with Crippen molar-refractivity contribution in [3.05, 3.63) is 47.4 Å². The van der Waals surface area contributed by atoms with E-state index in [1.54, 1.807) is 44.4 Å². The van der Waals surface area contributed by atoms with E-state index in [1.165, 1.54) is 10.9 Å². The average molecular weight is 481 g/mol. The smallest absolute Gasteiger partial charge is 0.413 e. The van der Waals surface area contributed by atoms with Gasteiger partial charge in [0.05, 0.1) is 23.6 Å². The molecule has 1 aliphatic rings. The van der Waals surface area contributed by atoms with Crippen molar-refractivity contribution in [2.24, 2.45) is 12.5 Å². The van der Waals surface area contributed by atoms with Gasteiger partial charge in [0, 0.05) is 18.8 Å². The molecular formula is C22H21ClN8O3. The summed E-state index contributed by atoms with van der Waals surface area (Å²) in [5.74, 6) is -0.0556. The molecule has 0 unspecified atom stereocenters. The second-order valence-electron chi connectivity index (χ2n) is 7.90. The highest BCUT2D eigenvalue weighted by molar-refractivity contribution is 6.30. The molecule has 2 amide bonds. The number of amides is 2. The van der Waals surface area contributed by atoms with Crippen molar-refractivity contribution in [3.8, 4) is 17.5 Å². The van der Waals surface area contributed by atoms with Gasteiger partial charge in [0.2, 0.25) is 5.91 Å².